The van der Waals surface area contributed by atoms with Crippen LogP contribution in [-0.4, -0.2) is 11.6 Å². The first-order valence-corrected chi connectivity index (χ1v) is 3.91. The van der Waals surface area contributed by atoms with Crippen LogP contribution >= 0.6 is 21.0 Å². The highest BCUT2D eigenvalue weighted by molar-refractivity contribution is 14.1. The Morgan fingerprint density at radius 3 is 2.60 bits per heavy atom. The van der Waals surface area contributed by atoms with Gasteiger partial charge in [0.1, 0.15) is 0 Å². The maximum absolute atomic E-state index is 6.65. The van der Waals surface area contributed by atoms with Crippen molar-refractivity contribution in [1.82, 2.24) is 5.32 Å². The van der Waals surface area contributed by atoms with E-state index in [2.05, 4.69) is 5.32 Å². The van der Waals surface area contributed by atoms with E-state index < -0.39 is 0 Å². The monoisotopic (exact) mass is 186 g/mol. The molecule has 0 saturated heterocycles. The van der Waals surface area contributed by atoms with Gasteiger partial charge in [-0.25, -0.2) is 0 Å². The van der Waals surface area contributed by atoms with Crippen LogP contribution in [0.4, 0.5) is 0 Å². The van der Waals surface area contributed by atoms with Gasteiger partial charge in [-0.15, -0.1) is 0 Å². The van der Waals surface area contributed by atoms with Gasteiger partial charge in [-0.3, -0.25) is 3.56 Å². The summed E-state index contributed by atoms with van der Waals surface area (Å²) in [6.45, 7) is 0. The molecule has 2 nitrogen and oxygen atoms in total. The SMILES string of the molecule is CNCI=N. The minimum atomic E-state index is -0.254. The van der Waals surface area contributed by atoms with Gasteiger partial charge in [0.15, 0.2) is 0 Å². The highest BCUT2D eigenvalue weighted by Gasteiger charge is 1.59. The van der Waals surface area contributed by atoms with Crippen LogP contribution in [0.5, 0.6) is 0 Å². The number of hydrogen-bond acceptors (Lipinski definition) is 2. The summed E-state index contributed by atoms with van der Waals surface area (Å²) in [5, 5.41) is 2.88. The molecule has 0 aromatic rings. The van der Waals surface area contributed by atoms with Crippen LogP contribution in [0.2, 0.25) is 0 Å². The fourth-order valence-corrected chi connectivity index (χ4v) is 0.448. The van der Waals surface area contributed by atoms with E-state index in [1.54, 1.807) is 0 Å². The summed E-state index contributed by atoms with van der Waals surface area (Å²) in [6, 6.07) is 0. The maximum Gasteiger partial charge on any atom is 0.0592 e. The van der Waals surface area contributed by atoms with E-state index in [1.807, 2.05) is 7.05 Å². The Kier molecular flexibility index (Phi) is 4.93. The van der Waals surface area contributed by atoms with Crippen molar-refractivity contribution in [3.05, 3.63) is 0 Å². The van der Waals surface area contributed by atoms with Crippen LogP contribution in [0, 0.1) is 3.56 Å². The molecule has 0 unspecified atom stereocenters. The predicted octanol–water partition coefficient (Wildman–Crippen LogP) is 0.896. The third-order valence-corrected chi connectivity index (χ3v) is 1.34. The van der Waals surface area contributed by atoms with Gasteiger partial charge >= 0.3 is 0 Å². The number of alkyl halides is 1. The van der Waals surface area contributed by atoms with Gasteiger partial charge in [0.2, 0.25) is 0 Å². The van der Waals surface area contributed by atoms with E-state index in [1.165, 1.54) is 0 Å². The molecule has 2 N–H and O–H groups in total. The van der Waals surface area contributed by atoms with Crippen molar-refractivity contribution < 1.29 is 0 Å². The largest absolute Gasteiger partial charge is 0.310 e. The smallest absolute Gasteiger partial charge is 0.0592 e. The molecule has 0 bridgehead atoms. The van der Waals surface area contributed by atoms with E-state index in [4.69, 9.17) is 3.56 Å². The lowest BCUT2D eigenvalue weighted by molar-refractivity contribution is 1.00. The summed E-state index contributed by atoms with van der Waals surface area (Å²) in [7, 11) is 1.87. The van der Waals surface area contributed by atoms with E-state index in [9.17, 15) is 0 Å². The van der Waals surface area contributed by atoms with Crippen molar-refractivity contribution in [3.63, 3.8) is 0 Å². The summed E-state index contributed by atoms with van der Waals surface area (Å²) >= 11 is -0.254. The van der Waals surface area contributed by atoms with Gasteiger partial charge in [0.05, 0.1) is 4.55 Å². The fraction of sp³-hybridized carbons (Fsp3) is 1.00. The topological polar surface area (TPSA) is 35.9 Å². The molecule has 0 aromatic heterocycles. The molecule has 0 radical (unpaired) electrons. The van der Waals surface area contributed by atoms with Crippen molar-refractivity contribution >= 4 is 21.0 Å². The van der Waals surface area contributed by atoms with Crippen molar-refractivity contribution in [2.24, 2.45) is 0 Å². The lowest BCUT2D eigenvalue weighted by Gasteiger charge is -1.77. The summed E-state index contributed by atoms with van der Waals surface area (Å²) < 4.78 is 7.57. The second kappa shape index (κ2) is 4.49. The normalized spacial score (nSPS) is 8.20. The van der Waals surface area contributed by atoms with Crippen LogP contribution < -0.4 is 5.32 Å². The molecular weight excluding hydrogens is 179 g/mol. The molecule has 0 rings (SSSR count). The molecule has 0 fully saturated rings. The van der Waals surface area contributed by atoms with Crippen LogP contribution in [0.15, 0.2) is 0 Å². The number of halogens is 1. The van der Waals surface area contributed by atoms with Gasteiger partial charge < -0.3 is 5.32 Å². The number of rotatable bonds is 2. The Balaban J connectivity index is 2.40. The van der Waals surface area contributed by atoms with Gasteiger partial charge in [-0.1, -0.05) is 0 Å². The standard InChI is InChI=1S/C2H7IN2/c1-5-2-3-4/h4-5H,2H2,1H3. The lowest BCUT2D eigenvalue weighted by Crippen LogP contribution is -1.98. The molecule has 3 heteroatoms. The average molecular weight is 186 g/mol. The highest BCUT2D eigenvalue weighted by atomic mass is 127. The van der Waals surface area contributed by atoms with Crippen molar-refractivity contribution in [3.8, 4) is 0 Å². The van der Waals surface area contributed by atoms with Gasteiger partial charge in [-0.2, -0.15) is 0 Å². The third-order valence-electron chi connectivity index (χ3n) is 0.200. The zero-order valence-corrected chi connectivity index (χ0v) is 5.24. The molecule has 0 spiro atoms. The quantitative estimate of drug-likeness (QED) is 0.375. The molecule has 0 aliphatic heterocycles. The molecule has 0 atom stereocenters. The second-order valence-corrected chi connectivity index (χ2v) is 2.15. The Bertz CT molecular complexity index is 28.8. The second-order valence-electron chi connectivity index (χ2n) is 0.621. The molecule has 5 heavy (non-hydrogen) atoms. The first kappa shape index (κ1) is 5.49. The minimum absolute atomic E-state index is 0.254. The Labute approximate surface area is 41.9 Å². The molecule has 0 saturated carbocycles. The summed E-state index contributed by atoms with van der Waals surface area (Å²) in [5.41, 5.74) is 0. The summed E-state index contributed by atoms with van der Waals surface area (Å²) in [6.07, 6.45) is 0. The number of hydrogen-bond donors (Lipinski definition) is 2. The van der Waals surface area contributed by atoms with E-state index in [-0.39, 0.29) is 21.0 Å². The van der Waals surface area contributed by atoms with E-state index in [0.29, 0.717) is 0 Å². The Morgan fingerprint density at radius 1 is 2.00 bits per heavy atom. The number of nitrogens with one attached hydrogen (secondary N) is 2. The molecule has 0 heterocycles. The first-order chi connectivity index (χ1) is 2.41. The van der Waals surface area contributed by atoms with Crippen molar-refractivity contribution in [2.45, 2.75) is 0 Å². The van der Waals surface area contributed by atoms with Crippen LogP contribution in [0.1, 0.15) is 0 Å². The summed E-state index contributed by atoms with van der Waals surface area (Å²) in [5.74, 6) is 0. The average Bonchev–Trinajstić information content (AvgIpc) is 1.41. The molecule has 0 aliphatic carbocycles. The van der Waals surface area contributed by atoms with Crippen molar-refractivity contribution in [2.75, 3.05) is 11.6 Å². The van der Waals surface area contributed by atoms with E-state index in [0.717, 1.165) is 4.55 Å². The van der Waals surface area contributed by atoms with Gasteiger partial charge in [0, 0.05) is 0 Å². The Morgan fingerprint density at radius 2 is 2.60 bits per heavy atom. The fourth-order valence-electron chi connectivity index (χ4n) is 0.0668. The zero-order chi connectivity index (χ0) is 4.12. The molecule has 0 amide bonds. The molecule has 32 valence electrons. The first-order valence-electron chi connectivity index (χ1n) is 1.31. The molecular formula is C2H7IN2. The van der Waals surface area contributed by atoms with Gasteiger partial charge in [-0.05, 0) is 28.1 Å². The van der Waals surface area contributed by atoms with Crippen LogP contribution in [0.25, 0.3) is 0 Å². The lowest BCUT2D eigenvalue weighted by atomic mass is 11.3. The van der Waals surface area contributed by atoms with Crippen LogP contribution in [-0.2, 0) is 0 Å². The predicted molar refractivity (Wildman–Crippen MR) is 30.7 cm³/mol. The van der Waals surface area contributed by atoms with Crippen molar-refractivity contribution in [1.29, 1.82) is 3.56 Å². The Hall–Kier alpha value is 0.490. The minimum Gasteiger partial charge on any atom is -0.310 e. The maximum atomic E-state index is 6.65. The summed E-state index contributed by atoms with van der Waals surface area (Å²) in [4.78, 5) is 0. The highest BCUT2D eigenvalue weighted by Crippen LogP contribution is 1.82. The van der Waals surface area contributed by atoms with Gasteiger partial charge in [0.25, 0.3) is 0 Å². The zero-order valence-electron chi connectivity index (χ0n) is 3.09. The van der Waals surface area contributed by atoms with Crippen LogP contribution in [0.3, 0.4) is 0 Å². The third kappa shape index (κ3) is 4.49. The van der Waals surface area contributed by atoms with E-state index >= 15 is 0 Å². The molecule has 0 aliphatic rings. The molecule has 0 aromatic carbocycles.